The van der Waals surface area contributed by atoms with Gasteiger partial charge in [-0.2, -0.15) is 0 Å². The monoisotopic (exact) mass is 297 g/mol. The molecule has 0 unspecified atom stereocenters. The number of hydrogen-bond acceptors (Lipinski definition) is 5. The fourth-order valence-corrected chi connectivity index (χ4v) is 1.90. The third kappa shape index (κ3) is 4.01. The van der Waals surface area contributed by atoms with E-state index in [0.717, 1.165) is 0 Å². The number of aliphatic carboxylic acids is 1. The SMILES string of the molecule is COc1cc(N(CCC(=O)O)C(C)=O)cc(OC)c1OC. The fourth-order valence-electron chi connectivity index (χ4n) is 1.90. The average Bonchev–Trinajstić information content (AvgIpc) is 2.45. The summed E-state index contributed by atoms with van der Waals surface area (Å²) in [5.74, 6) is -0.0495. The Morgan fingerprint density at radius 1 is 1.10 bits per heavy atom. The molecule has 0 spiro atoms. The van der Waals surface area contributed by atoms with Crippen LogP contribution in [0, 0.1) is 0 Å². The molecule has 0 aliphatic heterocycles. The Bertz CT molecular complexity index is 503. The Morgan fingerprint density at radius 2 is 1.62 bits per heavy atom. The molecular weight excluding hydrogens is 278 g/mol. The summed E-state index contributed by atoms with van der Waals surface area (Å²) in [6.07, 6.45) is -0.157. The van der Waals surface area contributed by atoms with Crippen molar-refractivity contribution in [2.75, 3.05) is 32.8 Å². The summed E-state index contributed by atoms with van der Waals surface area (Å²) in [4.78, 5) is 23.8. The zero-order valence-corrected chi connectivity index (χ0v) is 12.5. The van der Waals surface area contributed by atoms with Gasteiger partial charge in [0.2, 0.25) is 11.7 Å². The van der Waals surface area contributed by atoms with Crippen LogP contribution in [0.4, 0.5) is 5.69 Å². The molecule has 0 bridgehead atoms. The first-order chi connectivity index (χ1) is 9.94. The van der Waals surface area contributed by atoms with Crippen LogP contribution >= 0.6 is 0 Å². The molecule has 0 fully saturated rings. The molecule has 116 valence electrons. The molecule has 1 rings (SSSR count). The van der Waals surface area contributed by atoms with Crippen molar-refractivity contribution in [1.82, 2.24) is 0 Å². The highest BCUT2D eigenvalue weighted by Crippen LogP contribution is 2.41. The number of carboxylic acids is 1. The lowest BCUT2D eigenvalue weighted by molar-refractivity contribution is -0.136. The third-order valence-electron chi connectivity index (χ3n) is 2.89. The number of methoxy groups -OCH3 is 3. The van der Waals surface area contributed by atoms with Crippen molar-refractivity contribution < 1.29 is 28.9 Å². The van der Waals surface area contributed by atoms with Gasteiger partial charge in [0, 0.05) is 25.6 Å². The van der Waals surface area contributed by atoms with E-state index in [0.29, 0.717) is 22.9 Å². The number of hydrogen-bond donors (Lipinski definition) is 1. The van der Waals surface area contributed by atoms with E-state index in [4.69, 9.17) is 19.3 Å². The summed E-state index contributed by atoms with van der Waals surface area (Å²) in [7, 11) is 4.42. The van der Waals surface area contributed by atoms with Gasteiger partial charge in [0.05, 0.1) is 33.4 Å². The number of nitrogens with zero attached hydrogens (tertiary/aromatic N) is 1. The fraction of sp³-hybridized carbons (Fsp3) is 0.429. The molecule has 1 aromatic carbocycles. The number of rotatable bonds is 7. The van der Waals surface area contributed by atoms with Crippen molar-refractivity contribution in [1.29, 1.82) is 0 Å². The second-order valence-electron chi connectivity index (χ2n) is 4.20. The first-order valence-corrected chi connectivity index (χ1v) is 6.24. The van der Waals surface area contributed by atoms with E-state index < -0.39 is 5.97 Å². The molecule has 1 N–H and O–H groups in total. The maximum absolute atomic E-state index is 11.7. The predicted molar refractivity (Wildman–Crippen MR) is 76.4 cm³/mol. The maximum Gasteiger partial charge on any atom is 0.305 e. The van der Waals surface area contributed by atoms with Crippen LogP contribution in [0.5, 0.6) is 17.2 Å². The van der Waals surface area contributed by atoms with Crippen molar-refractivity contribution in [2.24, 2.45) is 0 Å². The first-order valence-electron chi connectivity index (χ1n) is 6.24. The Kier molecular flexibility index (Phi) is 5.83. The number of anilines is 1. The molecule has 0 aromatic heterocycles. The number of ether oxygens (including phenoxy) is 3. The molecule has 21 heavy (non-hydrogen) atoms. The second kappa shape index (κ2) is 7.37. The number of carbonyl (C=O) groups excluding carboxylic acids is 1. The zero-order chi connectivity index (χ0) is 16.0. The quantitative estimate of drug-likeness (QED) is 0.821. The van der Waals surface area contributed by atoms with Crippen LogP contribution in [0.1, 0.15) is 13.3 Å². The molecule has 0 saturated carbocycles. The van der Waals surface area contributed by atoms with Gasteiger partial charge in [-0.1, -0.05) is 0 Å². The highest BCUT2D eigenvalue weighted by molar-refractivity contribution is 5.92. The second-order valence-corrected chi connectivity index (χ2v) is 4.20. The number of benzene rings is 1. The van der Waals surface area contributed by atoms with Gasteiger partial charge in [0.1, 0.15) is 0 Å². The van der Waals surface area contributed by atoms with Gasteiger partial charge in [-0.15, -0.1) is 0 Å². The van der Waals surface area contributed by atoms with Gasteiger partial charge in [-0.05, 0) is 0 Å². The van der Waals surface area contributed by atoms with Crippen LogP contribution in [0.15, 0.2) is 12.1 Å². The molecule has 0 atom stereocenters. The highest BCUT2D eigenvalue weighted by atomic mass is 16.5. The summed E-state index contributed by atoms with van der Waals surface area (Å²) in [6, 6.07) is 3.20. The molecule has 1 amide bonds. The van der Waals surface area contributed by atoms with Crippen LogP contribution in [0.25, 0.3) is 0 Å². The molecule has 0 heterocycles. The van der Waals surface area contributed by atoms with E-state index in [1.54, 1.807) is 12.1 Å². The minimum Gasteiger partial charge on any atom is -0.493 e. The highest BCUT2D eigenvalue weighted by Gasteiger charge is 2.19. The van der Waals surface area contributed by atoms with E-state index in [1.165, 1.54) is 33.2 Å². The van der Waals surface area contributed by atoms with Crippen LogP contribution in [0.3, 0.4) is 0 Å². The maximum atomic E-state index is 11.7. The summed E-state index contributed by atoms with van der Waals surface area (Å²) in [5.41, 5.74) is 0.484. The molecule has 0 aliphatic rings. The molecular formula is C14H19NO6. The van der Waals surface area contributed by atoms with Gasteiger partial charge in [0.15, 0.2) is 11.5 Å². The van der Waals surface area contributed by atoms with Crippen LogP contribution in [-0.2, 0) is 9.59 Å². The lowest BCUT2D eigenvalue weighted by Gasteiger charge is -2.23. The number of amides is 1. The van der Waals surface area contributed by atoms with Gasteiger partial charge in [-0.25, -0.2) is 0 Å². The largest absolute Gasteiger partial charge is 0.493 e. The third-order valence-corrected chi connectivity index (χ3v) is 2.89. The molecule has 1 aromatic rings. The van der Waals surface area contributed by atoms with Crippen molar-refractivity contribution >= 4 is 17.6 Å². The van der Waals surface area contributed by atoms with Gasteiger partial charge >= 0.3 is 5.97 Å². The van der Waals surface area contributed by atoms with E-state index >= 15 is 0 Å². The van der Waals surface area contributed by atoms with Crippen molar-refractivity contribution in [2.45, 2.75) is 13.3 Å². The Labute approximate surface area is 123 Å². The minimum atomic E-state index is -0.978. The van der Waals surface area contributed by atoms with E-state index in [1.807, 2.05) is 0 Å². The normalized spacial score (nSPS) is 9.90. The summed E-state index contributed by atoms with van der Waals surface area (Å²) in [6.45, 7) is 1.42. The van der Waals surface area contributed by atoms with Crippen LogP contribution < -0.4 is 19.1 Å². The summed E-state index contributed by atoms with van der Waals surface area (Å²) in [5, 5.41) is 8.77. The van der Waals surface area contributed by atoms with Crippen molar-refractivity contribution in [3.05, 3.63) is 12.1 Å². The first kappa shape index (κ1) is 16.6. The molecule has 0 aliphatic carbocycles. The zero-order valence-electron chi connectivity index (χ0n) is 12.5. The molecule has 7 heteroatoms. The van der Waals surface area contributed by atoms with Gasteiger partial charge in [-0.3, -0.25) is 9.59 Å². The Hall–Kier alpha value is -2.44. The van der Waals surface area contributed by atoms with Gasteiger partial charge in [0.25, 0.3) is 0 Å². The lowest BCUT2D eigenvalue weighted by Crippen LogP contribution is -2.30. The molecule has 0 saturated heterocycles. The summed E-state index contributed by atoms with van der Waals surface area (Å²) >= 11 is 0. The van der Waals surface area contributed by atoms with Crippen LogP contribution in [-0.4, -0.2) is 44.9 Å². The number of carboxylic acid groups (broad SMARTS) is 1. The average molecular weight is 297 g/mol. The van der Waals surface area contributed by atoms with Crippen molar-refractivity contribution in [3.8, 4) is 17.2 Å². The minimum absolute atomic E-state index is 0.0588. The number of carbonyl (C=O) groups is 2. The predicted octanol–water partition coefficient (Wildman–Crippen LogP) is 1.54. The Morgan fingerprint density at radius 3 is 1.95 bits per heavy atom. The van der Waals surface area contributed by atoms with Crippen molar-refractivity contribution in [3.63, 3.8) is 0 Å². The smallest absolute Gasteiger partial charge is 0.305 e. The topological polar surface area (TPSA) is 85.3 Å². The molecule has 7 nitrogen and oxygen atoms in total. The van der Waals surface area contributed by atoms with E-state index in [2.05, 4.69) is 0 Å². The molecule has 0 radical (unpaired) electrons. The lowest BCUT2D eigenvalue weighted by atomic mass is 10.2. The van der Waals surface area contributed by atoms with Gasteiger partial charge < -0.3 is 24.2 Å². The Balaban J connectivity index is 3.25. The van der Waals surface area contributed by atoms with E-state index in [-0.39, 0.29) is 18.9 Å². The standard InChI is InChI=1S/C14H19NO6/c1-9(16)15(6-5-13(17)18)10-7-11(19-2)14(21-4)12(8-10)20-3/h7-8H,5-6H2,1-4H3,(H,17,18). The summed E-state index contributed by atoms with van der Waals surface area (Å²) < 4.78 is 15.6. The van der Waals surface area contributed by atoms with E-state index in [9.17, 15) is 9.59 Å². The van der Waals surface area contributed by atoms with Crippen LogP contribution in [0.2, 0.25) is 0 Å².